The van der Waals surface area contributed by atoms with Crippen LogP contribution in [-0.4, -0.2) is 46.6 Å². The minimum atomic E-state index is -0.458. The maximum Gasteiger partial charge on any atom is 0.337 e. The van der Waals surface area contributed by atoms with Gasteiger partial charge in [-0.3, -0.25) is 4.79 Å². The standard InChI is InChI=1S/C20H20N4O4S/c1-24-18(13-7-9-16(27-2)10-8-13)22-23-20(24)29-12-17(25)21-15-6-4-5-14(11-15)19(26)28-3/h4-11H,12H2,1-3H3,(H,21,25). The monoisotopic (exact) mass is 412 g/mol. The Kier molecular flexibility index (Phi) is 6.50. The van der Waals surface area contributed by atoms with Crippen molar-refractivity contribution in [2.45, 2.75) is 5.16 Å². The van der Waals surface area contributed by atoms with E-state index in [1.807, 2.05) is 35.9 Å². The van der Waals surface area contributed by atoms with Gasteiger partial charge in [-0.2, -0.15) is 0 Å². The molecule has 0 saturated heterocycles. The lowest BCUT2D eigenvalue weighted by molar-refractivity contribution is -0.113. The summed E-state index contributed by atoms with van der Waals surface area (Å²) < 4.78 is 11.7. The molecule has 3 aromatic rings. The highest BCUT2D eigenvalue weighted by Crippen LogP contribution is 2.24. The highest BCUT2D eigenvalue weighted by molar-refractivity contribution is 7.99. The molecule has 0 fully saturated rings. The van der Waals surface area contributed by atoms with Crippen molar-refractivity contribution in [3.05, 3.63) is 54.1 Å². The smallest absolute Gasteiger partial charge is 0.337 e. The second-order valence-corrected chi connectivity index (χ2v) is 6.95. The van der Waals surface area contributed by atoms with E-state index in [0.717, 1.165) is 11.3 Å². The third-order valence-corrected chi connectivity index (χ3v) is 5.10. The molecule has 2 aromatic carbocycles. The third kappa shape index (κ3) is 4.94. The van der Waals surface area contributed by atoms with Gasteiger partial charge in [-0.15, -0.1) is 10.2 Å². The van der Waals surface area contributed by atoms with Gasteiger partial charge in [-0.05, 0) is 42.5 Å². The molecule has 0 spiro atoms. The van der Waals surface area contributed by atoms with Crippen molar-refractivity contribution in [2.75, 3.05) is 25.3 Å². The normalized spacial score (nSPS) is 10.4. The zero-order valence-electron chi connectivity index (χ0n) is 16.2. The summed E-state index contributed by atoms with van der Waals surface area (Å²) in [6.07, 6.45) is 0. The number of nitrogens with one attached hydrogen (secondary N) is 1. The number of hydrogen-bond donors (Lipinski definition) is 1. The topological polar surface area (TPSA) is 95.3 Å². The number of benzene rings is 2. The number of esters is 1. The Morgan fingerprint density at radius 3 is 2.55 bits per heavy atom. The lowest BCUT2D eigenvalue weighted by atomic mass is 10.2. The molecule has 1 heterocycles. The molecule has 0 aliphatic heterocycles. The van der Waals surface area contributed by atoms with Crippen molar-refractivity contribution in [3.63, 3.8) is 0 Å². The number of carbonyl (C=O) groups is 2. The van der Waals surface area contributed by atoms with Gasteiger partial charge in [0.2, 0.25) is 5.91 Å². The molecule has 0 unspecified atom stereocenters. The Labute approximate surface area is 172 Å². The summed E-state index contributed by atoms with van der Waals surface area (Å²) in [5.41, 5.74) is 1.79. The van der Waals surface area contributed by atoms with E-state index in [2.05, 4.69) is 20.3 Å². The largest absolute Gasteiger partial charge is 0.497 e. The lowest BCUT2D eigenvalue weighted by Crippen LogP contribution is -2.15. The first-order valence-corrected chi connectivity index (χ1v) is 9.65. The van der Waals surface area contributed by atoms with Crippen molar-refractivity contribution in [3.8, 4) is 17.1 Å². The van der Waals surface area contributed by atoms with Gasteiger partial charge < -0.3 is 19.4 Å². The Hall–Kier alpha value is -3.33. The molecule has 29 heavy (non-hydrogen) atoms. The average molecular weight is 412 g/mol. The van der Waals surface area contributed by atoms with Crippen molar-refractivity contribution < 1.29 is 19.1 Å². The summed E-state index contributed by atoms with van der Waals surface area (Å²) >= 11 is 1.27. The van der Waals surface area contributed by atoms with E-state index in [4.69, 9.17) is 4.74 Å². The van der Waals surface area contributed by atoms with Crippen LogP contribution in [-0.2, 0) is 16.6 Å². The molecular formula is C20H20N4O4S. The molecule has 150 valence electrons. The van der Waals surface area contributed by atoms with Crippen molar-refractivity contribution in [1.29, 1.82) is 0 Å². The van der Waals surface area contributed by atoms with Gasteiger partial charge in [0, 0.05) is 18.3 Å². The van der Waals surface area contributed by atoms with Crippen LogP contribution in [0.15, 0.2) is 53.7 Å². The Morgan fingerprint density at radius 2 is 1.86 bits per heavy atom. The van der Waals surface area contributed by atoms with E-state index in [0.29, 0.717) is 22.2 Å². The molecule has 0 saturated carbocycles. The summed E-state index contributed by atoms with van der Waals surface area (Å²) in [6, 6.07) is 14.1. The molecule has 1 aromatic heterocycles. The lowest BCUT2D eigenvalue weighted by Gasteiger charge is -2.07. The van der Waals surface area contributed by atoms with Crippen LogP contribution in [0.3, 0.4) is 0 Å². The SMILES string of the molecule is COC(=O)c1cccc(NC(=O)CSc2nnc(-c3ccc(OC)cc3)n2C)c1. The van der Waals surface area contributed by atoms with Gasteiger partial charge in [0.25, 0.3) is 0 Å². The van der Waals surface area contributed by atoms with Gasteiger partial charge >= 0.3 is 5.97 Å². The molecule has 0 aliphatic carbocycles. The summed E-state index contributed by atoms with van der Waals surface area (Å²) in [7, 11) is 4.77. The number of aromatic nitrogens is 3. The molecule has 0 bridgehead atoms. The minimum absolute atomic E-state index is 0.150. The van der Waals surface area contributed by atoms with E-state index < -0.39 is 5.97 Å². The van der Waals surface area contributed by atoms with Crippen LogP contribution in [0.4, 0.5) is 5.69 Å². The molecule has 1 N–H and O–H groups in total. The highest BCUT2D eigenvalue weighted by atomic mass is 32.2. The van der Waals surface area contributed by atoms with Crippen molar-refractivity contribution in [2.24, 2.45) is 7.05 Å². The molecule has 9 heteroatoms. The third-order valence-electron chi connectivity index (χ3n) is 4.08. The van der Waals surface area contributed by atoms with Gasteiger partial charge in [0.05, 0.1) is 25.5 Å². The first-order valence-electron chi connectivity index (χ1n) is 8.66. The Bertz CT molecular complexity index is 1020. The number of ether oxygens (including phenoxy) is 2. The number of anilines is 1. The van der Waals surface area contributed by atoms with Crippen LogP contribution in [0, 0.1) is 0 Å². The number of rotatable bonds is 7. The first-order chi connectivity index (χ1) is 14.0. The minimum Gasteiger partial charge on any atom is -0.497 e. The Balaban J connectivity index is 1.62. The fourth-order valence-electron chi connectivity index (χ4n) is 2.60. The number of carbonyl (C=O) groups excluding carboxylic acids is 2. The summed E-state index contributed by atoms with van der Waals surface area (Å²) in [5, 5.41) is 11.8. The molecular weight excluding hydrogens is 392 g/mol. The number of thioether (sulfide) groups is 1. The first kappa shape index (κ1) is 20.4. The van der Waals surface area contributed by atoms with Crippen LogP contribution in [0.25, 0.3) is 11.4 Å². The molecule has 0 radical (unpaired) electrons. The van der Waals surface area contributed by atoms with E-state index >= 15 is 0 Å². The van der Waals surface area contributed by atoms with Crippen LogP contribution in [0.1, 0.15) is 10.4 Å². The second-order valence-electron chi connectivity index (χ2n) is 6.00. The fourth-order valence-corrected chi connectivity index (χ4v) is 3.31. The van der Waals surface area contributed by atoms with Crippen LogP contribution >= 0.6 is 11.8 Å². The van der Waals surface area contributed by atoms with Crippen LogP contribution in [0.2, 0.25) is 0 Å². The fraction of sp³-hybridized carbons (Fsp3) is 0.200. The summed E-state index contributed by atoms with van der Waals surface area (Å²) in [4.78, 5) is 23.9. The summed E-state index contributed by atoms with van der Waals surface area (Å²) in [6.45, 7) is 0. The van der Waals surface area contributed by atoms with Crippen molar-refractivity contribution in [1.82, 2.24) is 14.8 Å². The van der Waals surface area contributed by atoms with E-state index in [9.17, 15) is 9.59 Å². The quantitative estimate of drug-likeness (QED) is 0.471. The molecule has 1 amide bonds. The molecule has 8 nitrogen and oxygen atoms in total. The van der Waals surface area contributed by atoms with Gasteiger partial charge in [-0.1, -0.05) is 17.8 Å². The van der Waals surface area contributed by atoms with Gasteiger partial charge in [0.15, 0.2) is 11.0 Å². The average Bonchev–Trinajstić information content (AvgIpc) is 3.12. The zero-order valence-corrected chi connectivity index (χ0v) is 17.0. The van der Waals surface area contributed by atoms with Crippen LogP contribution in [0.5, 0.6) is 5.75 Å². The molecule has 0 aliphatic rings. The number of hydrogen-bond acceptors (Lipinski definition) is 7. The van der Waals surface area contributed by atoms with E-state index in [-0.39, 0.29) is 11.7 Å². The second kappa shape index (κ2) is 9.24. The summed E-state index contributed by atoms with van der Waals surface area (Å²) in [5.74, 6) is 0.934. The van der Waals surface area contributed by atoms with Crippen molar-refractivity contribution >= 4 is 29.3 Å². The predicted molar refractivity (Wildman–Crippen MR) is 110 cm³/mol. The maximum absolute atomic E-state index is 12.3. The van der Waals surface area contributed by atoms with Gasteiger partial charge in [0.1, 0.15) is 5.75 Å². The number of methoxy groups -OCH3 is 2. The predicted octanol–water partition coefficient (Wildman–Crippen LogP) is 3.01. The Morgan fingerprint density at radius 1 is 1.10 bits per heavy atom. The number of amides is 1. The molecule has 0 atom stereocenters. The molecule has 3 rings (SSSR count). The van der Waals surface area contributed by atoms with E-state index in [1.165, 1.54) is 18.9 Å². The maximum atomic E-state index is 12.3. The highest BCUT2D eigenvalue weighted by Gasteiger charge is 2.14. The van der Waals surface area contributed by atoms with Gasteiger partial charge in [-0.25, -0.2) is 4.79 Å². The van der Waals surface area contributed by atoms with Crippen LogP contribution < -0.4 is 10.1 Å². The number of nitrogens with zero attached hydrogens (tertiary/aromatic N) is 3. The van der Waals surface area contributed by atoms with E-state index in [1.54, 1.807) is 31.4 Å². The zero-order chi connectivity index (χ0) is 20.8.